The van der Waals surface area contributed by atoms with Crippen molar-refractivity contribution in [3.8, 4) is 0 Å². The van der Waals surface area contributed by atoms with Gasteiger partial charge in [-0.1, -0.05) is 0 Å². The van der Waals surface area contributed by atoms with Gasteiger partial charge in [0.25, 0.3) is 0 Å². The first-order chi connectivity index (χ1) is 8.70. The molecule has 0 rings (SSSR count). The van der Waals surface area contributed by atoms with E-state index in [-0.39, 0.29) is 38.3 Å². The van der Waals surface area contributed by atoms with E-state index < -0.39 is 17.8 Å². The summed E-state index contributed by atoms with van der Waals surface area (Å²) in [5.41, 5.74) is 0. The lowest BCUT2D eigenvalue weighted by Gasteiger charge is -2.18. The molecule has 0 atom stereocenters. The number of carboxylic acids is 1. The van der Waals surface area contributed by atoms with E-state index in [2.05, 4.69) is 15.4 Å². The Balaban J connectivity index is 3.56. The Labute approximate surface area is 111 Å². The number of carbonyl (C=O) groups excluding carboxylic acids is 2. The molecule has 0 radical (unpaired) electrons. The van der Waals surface area contributed by atoms with Crippen molar-refractivity contribution in [1.29, 1.82) is 0 Å². The molecule has 0 bridgehead atoms. The first-order valence-corrected chi connectivity index (χ1v) is 5.88. The first-order valence-electron chi connectivity index (χ1n) is 5.88. The number of hydrogen-bond donors (Lipinski definition) is 4. The maximum absolute atomic E-state index is 11.2. The highest BCUT2D eigenvalue weighted by molar-refractivity contribution is 5.76. The van der Waals surface area contributed by atoms with Crippen LogP contribution in [0.15, 0.2) is 0 Å². The monoisotopic (exact) mass is 276 g/mol. The predicted molar refractivity (Wildman–Crippen MR) is 65.3 cm³/mol. The van der Waals surface area contributed by atoms with Crippen LogP contribution < -0.4 is 10.6 Å². The maximum Gasteiger partial charge on any atom is 0.409 e. The second kappa shape index (κ2) is 8.30. The number of alkyl carbamates (subject to hydrolysis) is 1. The Bertz CT molecular complexity index is 324. The van der Waals surface area contributed by atoms with Gasteiger partial charge in [0, 0.05) is 39.8 Å². The average Bonchev–Trinajstić information content (AvgIpc) is 2.21. The van der Waals surface area contributed by atoms with Crippen molar-refractivity contribution in [1.82, 2.24) is 10.6 Å². The third-order valence-electron chi connectivity index (χ3n) is 1.85. The summed E-state index contributed by atoms with van der Waals surface area (Å²) in [6, 6.07) is 0. The molecular formula is C11H20N2O6. The van der Waals surface area contributed by atoms with Crippen molar-refractivity contribution in [3.05, 3.63) is 0 Å². The molecule has 19 heavy (non-hydrogen) atoms. The van der Waals surface area contributed by atoms with E-state index in [1.165, 1.54) is 13.8 Å². The van der Waals surface area contributed by atoms with Crippen LogP contribution in [0.2, 0.25) is 0 Å². The largest absolute Gasteiger partial charge is 0.481 e. The Hall–Kier alpha value is -1.83. The molecule has 4 N–H and O–H groups in total. The summed E-state index contributed by atoms with van der Waals surface area (Å²) in [4.78, 5) is 32.5. The molecule has 0 aromatic carbocycles. The van der Waals surface area contributed by atoms with Crippen LogP contribution in [0, 0.1) is 0 Å². The Kier molecular flexibility index (Phi) is 7.50. The second-order valence-corrected chi connectivity index (χ2v) is 4.36. The van der Waals surface area contributed by atoms with Crippen molar-refractivity contribution in [2.45, 2.75) is 38.9 Å². The summed E-state index contributed by atoms with van der Waals surface area (Å²) in [5, 5.41) is 22.4. The van der Waals surface area contributed by atoms with Crippen LogP contribution in [0.3, 0.4) is 0 Å². The minimum atomic E-state index is -1.55. The van der Waals surface area contributed by atoms with E-state index >= 15 is 0 Å². The maximum atomic E-state index is 11.2. The van der Waals surface area contributed by atoms with Crippen molar-refractivity contribution >= 4 is 18.0 Å². The molecule has 0 aliphatic carbocycles. The minimum absolute atomic E-state index is 0.0520. The highest BCUT2D eigenvalue weighted by atomic mass is 16.7. The van der Waals surface area contributed by atoms with Gasteiger partial charge in [0.2, 0.25) is 11.7 Å². The van der Waals surface area contributed by atoms with E-state index in [0.717, 1.165) is 0 Å². The van der Waals surface area contributed by atoms with Gasteiger partial charge >= 0.3 is 12.1 Å². The number of rotatable bonds is 8. The zero-order chi connectivity index (χ0) is 14.9. The molecule has 0 heterocycles. The number of aliphatic carboxylic acids is 1. The molecule has 0 aromatic rings. The second-order valence-electron chi connectivity index (χ2n) is 4.36. The van der Waals surface area contributed by atoms with Crippen LogP contribution in [-0.4, -0.2) is 47.1 Å². The quantitative estimate of drug-likeness (QED) is 0.360. The van der Waals surface area contributed by atoms with Gasteiger partial charge in [-0.25, -0.2) is 4.79 Å². The molecule has 8 nitrogen and oxygen atoms in total. The molecule has 2 amide bonds. The first kappa shape index (κ1) is 17.2. The van der Waals surface area contributed by atoms with Gasteiger partial charge in [0.1, 0.15) is 0 Å². The predicted octanol–water partition coefficient (Wildman–Crippen LogP) is -0.188. The van der Waals surface area contributed by atoms with E-state index in [1.807, 2.05) is 0 Å². The number of amides is 2. The number of aliphatic hydroxyl groups is 1. The van der Waals surface area contributed by atoms with Crippen LogP contribution in [-0.2, 0) is 14.3 Å². The fraction of sp³-hybridized carbons (Fsp3) is 0.727. The van der Waals surface area contributed by atoms with Gasteiger partial charge in [-0.3, -0.25) is 9.59 Å². The lowest BCUT2D eigenvalue weighted by Crippen LogP contribution is -2.38. The Morgan fingerprint density at radius 3 is 2.21 bits per heavy atom. The summed E-state index contributed by atoms with van der Waals surface area (Å²) >= 11 is 0. The zero-order valence-electron chi connectivity index (χ0n) is 11.1. The Morgan fingerprint density at radius 1 is 1.11 bits per heavy atom. The van der Waals surface area contributed by atoms with Crippen molar-refractivity contribution in [2.24, 2.45) is 0 Å². The number of carboxylic acid groups (broad SMARTS) is 1. The Morgan fingerprint density at radius 2 is 1.68 bits per heavy atom. The standard InChI is InChI=1S/C11H20N2O6/c1-11(2,18)19-10(17)13-7-6-12-8(14)4-3-5-9(15)16/h18H,3-7H2,1-2H3,(H,12,14)(H,13,17)(H,15,16). The van der Waals surface area contributed by atoms with E-state index in [9.17, 15) is 19.5 Å². The van der Waals surface area contributed by atoms with E-state index in [4.69, 9.17) is 5.11 Å². The van der Waals surface area contributed by atoms with Crippen molar-refractivity contribution < 1.29 is 29.3 Å². The molecule has 0 saturated heterocycles. The van der Waals surface area contributed by atoms with Gasteiger partial charge in [-0.15, -0.1) is 0 Å². The van der Waals surface area contributed by atoms with Crippen LogP contribution in [0.1, 0.15) is 33.1 Å². The van der Waals surface area contributed by atoms with E-state index in [0.29, 0.717) is 0 Å². The fourth-order valence-electron chi connectivity index (χ4n) is 1.12. The van der Waals surface area contributed by atoms with Gasteiger partial charge in [0.15, 0.2) is 0 Å². The fourth-order valence-corrected chi connectivity index (χ4v) is 1.12. The van der Waals surface area contributed by atoms with Crippen LogP contribution in [0.4, 0.5) is 4.79 Å². The number of ether oxygens (including phenoxy) is 1. The van der Waals surface area contributed by atoms with Crippen molar-refractivity contribution in [2.75, 3.05) is 13.1 Å². The molecule has 0 spiro atoms. The average molecular weight is 276 g/mol. The molecule has 0 saturated carbocycles. The zero-order valence-corrected chi connectivity index (χ0v) is 11.1. The smallest absolute Gasteiger partial charge is 0.409 e. The summed E-state index contributed by atoms with van der Waals surface area (Å²) in [5.74, 6) is -2.77. The summed E-state index contributed by atoms with van der Waals surface area (Å²) in [6.45, 7) is 2.99. The van der Waals surface area contributed by atoms with Gasteiger partial charge < -0.3 is 25.6 Å². The lowest BCUT2D eigenvalue weighted by molar-refractivity contribution is -0.137. The normalized spacial score (nSPS) is 10.7. The molecule has 0 fully saturated rings. The highest BCUT2D eigenvalue weighted by Gasteiger charge is 2.17. The van der Waals surface area contributed by atoms with Gasteiger partial charge in [-0.2, -0.15) is 0 Å². The molecule has 8 heteroatoms. The molecule has 0 aliphatic rings. The lowest BCUT2D eigenvalue weighted by atomic mass is 10.2. The van der Waals surface area contributed by atoms with Crippen molar-refractivity contribution in [3.63, 3.8) is 0 Å². The molecule has 0 aromatic heterocycles. The third-order valence-corrected chi connectivity index (χ3v) is 1.85. The topological polar surface area (TPSA) is 125 Å². The molecule has 0 unspecified atom stereocenters. The highest BCUT2D eigenvalue weighted by Crippen LogP contribution is 2.02. The van der Waals surface area contributed by atoms with Gasteiger partial charge in [0.05, 0.1) is 0 Å². The van der Waals surface area contributed by atoms with Crippen LogP contribution in [0.5, 0.6) is 0 Å². The third kappa shape index (κ3) is 12.4. The SMILES string of the molecule is CC(C)(O)OC(=O)NCCNC(=O)CCCC(=O)O. The van der Waals surface area contributed by atoms with E-state index in [1.54, 1.807) is 0 Å². The summed E-state index contributed by atoms with van der Waals surface area (Å²) < 4.78 is 4.56. The summed E-state index contributed by atoms with van der Waals surface area (Å²) in [7, 11) is 0. The minimum Gasteiger partial charge on any atom is -0.481 e. The number of hydrogen-bond acceptors (Lipinski definition) is 5. The number of carbonyl (C=O) groups is 3. The van der Waals surface area contributed by atoms with Crippen LogP contribution in [0.25, 0.3) is 0 Å². The summed E-state index contributed by atoms with van der Waals surface area (Å²) in [6.07, 6.45) is -0.438. The molecule has 110 valence electrons. The van der Waals surface area contributed by atoms with Crippen LogP contribution >= 0.6 is 0 Å². The van der Waals surface area contributed by atoms with Gasteiger partial charge in [-0.05, 0) is 6.42 Å². The molecular weight excluding hydrogens is 256 g/mol. The number of nitrogens with one attached hydrogen (secondary N) is 2. The molecule has 0 aliphatic heterocycles.